The molecule has 2 rings (SSSR count). The average Bonchev–Trinajstić information content (AvgIpc) is 2.18. The van der Waals surface area contributed by atoms with Crippen molar-refractivity contribution in [2.45, 2.75) is 5.66 Å². The summed E-state index contributed by atoms with van der Waals surface area (Å²) in [6.45, 7) is -0.865. The van der Waals surface area contributed by atoms with Gasteiger partial charge in [0, 0.05) is 0 Å². The number of halogens is 1. The molecule has 0 aliphatic carbocycles. The lowest BCUT2D eigenvalue weighted by Crippen LogP contribution is -2.70. The van der Waals surface area contributed by atoms with Crippen molar-refractivity contribution in [2.24, 2.45) is 0 Å². The normalized spacial score (nSPS) is 17.4. The summed E-state index contributed by atoms with van der Waals surface area (Å²) in [5, 5.41) is 34.8. The maximum absolute atomic E-state index is 10.6. The number of aromatic nitrogens is 4. The molecular weight excluding hydrogens is 258 g/mol. The molecule has 0 bridgehead atoms. The van der Waals surface area contributed by atoms with E-state index in [0.29, 0.717) is 0 Å². The predicted molar refractivity (Wildman–Crippen MR) is 51.6 cm³/mol. The summed E-state index contributed by atoms with van der Waals surface area (Å²) >= 11 is 5.35. The lowest BCUT2D eigenvalue weighted by molar-refractivity contribution is -0.799. The molecule has 2 heterocycles. The molecule has 90 valence electrons. The van der Waals surface area contributed by atoms with Gasteiger partial charge in [0.05, 0.1) is 0 Å². The highest BCUT2D eigenvalue weighted by Crippen LogP contribution is 2.27. The van der Waals surface area contributed by atoms with Crippen molar-refractivity contribution >= 4 is 17.5 Å². The first-order valence-electron chi connectivity index (χ1n) is 4.22. The van der Waals surface area contributed by atoms with Crippen LogP contribution in [-0.2, 0) is 0 Å². The van der Waals surface area contributed by atoms with Gasteiger partial charge in [-0.15, -0.1) is 20.4 Å². The quantitative estimate of drug-likeness (QED) is 0.380. The molecule has 0 saturated carbocycles. The summed E-state index contributed by atoms with van der Waals surface area (Å²) in [7, 11) is 0. The Morgan fingerprint density at radius 3 is 2.00 bits per heavy atom. The average molecular weight is 262 g/mol. The van der Waals surface area contributed by atoms with E-state index in [1.165, 1.54) is 4.90 Å². The van der Waals surface area contributed by atoms with Crippen LogP contribution in [0.5, 0.6) is 0 Å². The standard InChI is InChI=1S/C5H4ClN7O4/c6-3-7-9-4(10-8-3)11-1-5(2-11,12(14)15)13(16)17/h1-2H2. The largest absolute Gasteiger partial charge is 0.492 e. The van der Waals surface area contributed by atoms with Crippen LogP contribution in [0.15, 0.2) is 0 Å². The molecule has 0 unspecified atom stereocenters. The zero-order valence-corrected chi connectivity index (χ0v) is 8.81. The molecule has 0 aromatic carbocycles. The first-order valence-corrected chi connectivity index (χ1v) is 4.60. The summed E-state index contributed by atoms with van der Waals surface area (Å²) in [6.07, 6.45) is 0. The first-order chi connectivity index (χ1) is 7.95. The van der Waals surface area contributed by atoms with Crippen LogP contribution in [0, 0.1) is 20.2 Å². The zero-order chi connectivity index (χ0) is 12.6. The Bertz CT molecular complexity index is 456. The molecule has 11 nitrogen and oxygen atoms in total. The minimum atomic E-state index is -2.21. The van der Waals surface area contributed by atoms with Gasteiger partial charge >= 0.3 is 5.66 Å². The number of rotatable bonds is 3. The van der Waals surface area contributed by atoms with E-state index in [-0.39, 0.29) is 11.2 Å². The topological polar surface area (TPSA) is 141 Å². The van der Waals surface area contributed by atoms with E-state index < -0.39 is 28.6 Å². The van der Waals surface area contributed by atoms with Crippen LogP contribution >= 0.6 is 11.6 Å². The maximum atomic E-state index is 10.6. The highest BCUT2D eigenvalue weighted by atomic mass is 35.5. The van der Waals surface area contributed by atoms with Gasteiger partial charge in [-0.2, -0.15) is 0 Å². The van der Waals surface area contributed by atoms with E-state index in [2.05, 4.69) is 20.4 Å². The summed E-state index contributed by atoms with van der Waals surface area (Å²) in [6, 6.07) is 0. The van der Waals surface area contributed by atoms with Crippen molar-refractivity contribution in [3.63, 3.8) is 0 Å². The van der Waals surface area contributed by atoms with E-state index in [1.54, 1.807) is 0 Å². The molecule has 1 saturated heterocycles. The SMILES string of the molecule is O=[N+]([O-])C1([N+](=O)[O-])CN(c2nnc(Cl)nn2)C1. The third-order valence-corrected chi connectivity index (χ3v) is 2.45. The molecule has 12 heteroatoms. The number of nitro groups is 2. The second-order valence-corrected chi connectivity index (χ2v) is 3.66. The third kappa shape index (κ3) is 1.69. The van der Waals surface area contributed by atoms with Gasteiger partial charge in [-0.1, -0.05) is 0 Å². The second-order valence-electron chi connectivity index (χ2n) is 3.32. The Kier molecular flexibility index (Phi) is 2.46. The molecule has 0 radical (unpaired) electrons. The fourth-order valence-corrected chi connectivity index (χ4v) is 1.42. The van der Waals surface area contributed by atoms with Crippen LogP contribution in [0.2, 0.25) is 5.28 Å². The van der Waals surface area contributed by atoms with Gasteiger partial charge < -0.3 is 4.90 Å². The van der Waals surface area contributed by atoms with E-state index in [9.17, 15) is 20.2 Å². The second kappa shape index (κ2) is 3.69. The summed E-state index contributed by atoms with van der Waals surface area (Å²) in [4.78, 5) is 20.6. The summed E-state index contributed by atoms with van der Waals surface area (Å²) < 4.78 is 0. The van der Waals surface area contributed by atoms with Crippen LogP contribution in [0.4, 0.5) is 5.95 Å². The van der Waals surface area contributed by atoms with Gasteiger partial charge in [-0.05, 0) is 11.6 Å². The fourth-order valence-electron chi connectivity index (χ4n) is 1.34. The third-order valence-electron chi connectivity index (χ3n) is 2.29. The molecule has 1 aliphatic heterocycles. The van der Waals surface area contributed by atoms with Crippen molar-refractivity contribution in [3.8, 4) is 0 Å². The Morgan fingerprint density at radius 2 is 1.59 bits per heavy atom. The van der Waals surface area contributed by atoms with Crippen molar-refractivity contribution < 1.29 is 9.85 Å². The van der Waals surface area contributed by atoms with E-state index >= 15 is 0 Å². The van der Waals surface area contributed by atoms with Crippen molar-refractivity contribution in [1.29, 1.82) is 0 Å². The van der Waals surface area contributed by atoms with E-state index in [4.69, 9.17) is 11.6 Å². The summed E-state index contributed by atoms with van der Waals surface area (Å²) in [5.74, 6) is -0.0336. The van der Waals surface area contributed by atoms with Gasteiger partial charge in [0.2, 0.25) is 0 Å². The Morgan fingerprint density at radius 1 is 1.12 bits per heavy atom. The lowest BCUT2D eigenvalue weighted by Gasteiger charge is -2.35. The van der Waals surface area contributed by atoms with Crippen molar-refractivity contribution in [1.82, 2.24) is 20.4 Å². The monoisotopic (exact) mass is 261 g/mol. The number of anilines is 1. The van der Waals surface area contributed by atoms with Gasteiger partial charge in [0.15, 0.2) is 13.1 Å². The number of hydrogen-bond acceptors (Lipinski definition) is 9. The molecule has 0 spiro atoms. The van der Waals surface area contributed by atoms with Crippen molar-refractivity contribution in [2.75, 3.05) is 18.0 Å². The number of hydrogen-bond donors (Lipinski definition) is 0. The minimum Gasteiger partial charge on any atom is -0.309 e. The Balaban J connectivity index is 2.14. The van der Waals surface area contributed by atoms with Crippen LogP contribution in [0.25, 0.3) is 0 Å². The molecule has 0 N–H and O–H groups in total. The van der Waals surface area contributed by atoms with Crippen LogP contribution < -0.4 is 4.90 Å². The maximum Gasteiger partial charge on any atom is 0.492 e. The van der Waals surface area contributed by atoms with Crippen LogP contribution in [0.1, 0.15) is 0 Å². The predicted octanol–water partition coefficient (Wildman–Crippen LogP) is -1.01. The van der Waals surface area contributed by atoms with Gasteiger partial charge in [0.1, 0.15) is 9.85 Å². The van der Waals surface area contributed by atoms with E-state index in [1.807, 2.05) is 0 Å². The van der Waals surface area contributed by atoms with Gasteiger partial charge in [-0.3, -0.25) is 20.2 Å². The Labute approximate surface area is 97.7 Å². The molecule has 17 heavy (non-hydrogen) atoms. The smallest absolute Gasteiger partial charge is 0.309 e. The highest BCUT2D eigenvalue weighted by Gasteiger charge is 2.67. The van der Waals surface area contributed by atoms with Crippen molar-refractivity contribution in [3.05, 3.63) is 25.5 Å². The molecular formula is C5H4ClN7O4. The molecule has 0 atom stereocenters. The lowest BCUT2D eigenvalue weighted by atomic mass is 10.0. The van der Waals surface area contributed by atoms with Crippen LogP contribution in [-0.4, -0.2) is 49.0 Å². The van der Waals surface area contributed by atoms with Crippen LogP contribution in [0.3, 0.4) is 0 Å². The summed E-state index contributed by atoms with van der Waals surface area (Å²) in [5.41, 5.74) is -2.21. The number of nitrogens with zero attached hydrogens (tertiary/aromatic N) is 7. The molecule has 1 fully saturated rings. The van der Waals surface area contributed by atoms with Gasteiger partial charge in [0.25, 0.3) is 11.2 Å². The fraction of sp³-hybridized carbons (Fsp3) is 0.600. The molecule has 1 aromatic rings. The molecule has 1 aliphatic rings. The first kappa shape index (κ1) is 11.3. The Hall–Kier alpha value is -2.17. The zero-order valence-electron chi connectivity index (χ0n) is 8.06. The minimum absolute atomic E-state index is 0.0336. The molecule has 1 aromatic heterocycles. The van der Waals surface area contributed by atoms with E-state index in [0.717, 1.165) is 0 Å². The molecule has 0 amide bonds. The highest BCUT2D eigenvalue weighted by molar-refractivity contribution is 6.28. The van der Waals surface area contributed by atoms with Gasteiger partial charge in [-0.25, -0.2) is 0 Å².